The molecule has 1 aromatic rings. The molecule has 0 atom stereocenters. The number of anilines is 1. The number of para-hydroxylation sites is 1. The molecule has 0 N–H and O–H groups in total. The molecule has 2 rings (SSSR count). The van der Waals surface area contributed by atoms with Gasteiger partial charge in [0.1, 0.15) is 5.69 Å². The third-order valence-electron chi connectivity index (χ3n) is 2.33. The number of nitro groups is 1. The van der Waals surface area contributed by atoms with Crippen molar-refractivity contribution in [3.8, 4) is 0 Å². The van der Waals surface area contributed by atoms with E-state index in [0.717, 1.165) is 0 Å². The largest absolute Gasteiger partial charge is 0.354 e. The van der Waals surface area contributed by atoms with Gasteiger partial charge in [0.05, 0.1) is 22.5 Å². The zero-order valence-electron chi connectivity index (χ0n) is 7.99. The molecule has 1 aliphatic heterocycles. The molecule has 0 aromatic heterocycles. The molecule has 0 aliphatic carbocycles. The fourth-order valence-electron chi connectivity index (χ4n) is 1.62. The first-order valence-electron chi connectivity index (χ1n) is 4.46. The summed E-state index contributed by atoms with van der Waals surface area (Å²) in [6.45, 7) is -0.936. The minimum absolute atomic E-state index is 0.169. The van der Waals surface area contributed by atoms with Crippen LogP contribution in [0.15, 0.2) is 22.7 Å². The van der Waals surface area contributed by atoms with E-state index in [0.29, 0.717) is 4.47 Å². The summed E-state index contributed by atoms with van der Waals surface area (Å²) in [5.74, 6) is -2.74. The van der Waals surface area contributed by atoms with Gasteiger partial charge in [-0.05, 0) is 28.1 Å². The molecule has 0 saturated carbocycles. The van der Waals surface area contributed by atoms with Crippen molar-refractivity contribution in [3.63, 3.8) is 0 Å². The number of hydrogen-bond donors (Lipinski definition) is 0. The lowest BCUT2D eigenvalue weighted by molar-refractivity contribution is -0.385. The summed E-state index contributed by atoms with van der Waals surface area (Å²) in [5.41, 5.74) is 0.0586. The molecule has 0 bridgehead atoms. The predicted molar refractivity (Wildman–Crippen MR) is 58.0 cm³/mol. The topological polar surface area (TPSA) is 46.4 Å². The van der Waals surface area contributed by atoms with Crippen molar-refractivity contribution in [1.29, 1.82) is 0 Å². The van der Waals surface area contributed by atoms with Crippen molar-refractivity contribution >= 4 is 27.3 Å². The van der Waals surface area contributed by atoms with Gasteiger partial charge in [0.2, 0.25) is 0 Å². The Morgan fingerprint density at radius 2 is 2.06 bits per heavy atom. The predicted octanol–water partition coefficient (Wildman–Crippen LogP) is 2.81. The second-order valence-electron chi connectivity index (χ2n) is 3.58. The lowest BCUT2D eigenvalue weighted by atomic mass is 10.1. The monoisotopic (exact) mass is 292 g/mol. The van der Waals surface area contributed by atoms with Crippen LogP contribution in [0.25, 0.3) is 0 Å². The smallest absolute Gasteiger partial charge is 0.306 e. The van der Waals surface area contributed by atoms with Gasteiger partial charge in [-0.2, -0.15) is 0 Å². The Kier molecular flexibility index (Phi) is 2.57. The molecule has 86 valence electrons. The van der Waals surface area contributed by atoms with Crippen molar-refractivity contribution in [3.05, 3.63) is 32.8 Å². The Balaban J connectivity index is 2.35. The van der Waals surface area contributed by atoms with Gasteiger partial charge in [0.25, 0.3) is 5.92 Å². The molecular formula is C9H7BrF2N2O2. The SMILES string of the molecule is O=[N+]([O-])c1c(Br)cccc1N1CC(F)(F)C1. The maximum absolute atomic E-state index is 12.7. The highest BCUT2D eigenvalue weighted by Gasteiger charge is 2.45. The zero-order valence-corrected chi connectivity index (χ0v) is 9.58. The Morgan fingerprint density at radius 1 is 1.44 bits per heavy atom. The standard InChI is InChI=1S/C9H7BrF2N2O2/c10-6-2-1-3-7(8(6)14(15)16)13-4-9(11,12)5-13/h1-3H,4-5H2. The normalized spacial score (nSPS) is 18.1. The molecule has 16 heavy (non-hydrogen) atoms. The molecule has 0 spiro atoms. The first-order chi connectivity index (χ1) is 7.41. The van der Waals surface area contributed by atoms with E-state index in [1.54, 1.807) is 6.07 Å². The van der Waals surface area contributed by atoms with Crippen molar-refractivity contribution in [2.75, 3.05) is 18.0 Å². The van der Waals surface area contributed by atoms with Crippen molar-refractivity contribution in [2.45, 2.75) is 5.92 Å². The highest BCUT2D eigenvalue weighted by molar-refractivity contribution is 9.10. The minimum Gasteiger partial charge on any atom is -0.354 e. The summed E-state index contributed by atoms with van der Waals surface area (Å²) in [4.78, 5) is 11.5. The maximum Gasteiger partial charge on any atom is 0.306 e. The van der Waals surface area contributed by atoms with Gasteiger partial charge in [-0.15, -0.1) is 0 Å². The van der Waals surface area contributed by atoms with Crippen molar-refractivity contribution in [2.24, 2.45) is 0 Å². The zero-order chi connectivity index (χ0) is 11.9. The van der Waals surface area contributed by atoms with Crippen LogP contribution in [0.4, 0.5) is 20.2 Å². The lowest BCUT2D eigenvalue weighted by Crippen LogP contribution is -2.56. The van der Waals surface area contributed by atoms with Crippen LogP contribution in [0.2, 0.25) is 0 Å². The third kappa shape index (κ3) is 1.87. The molecule has 1 aliphatic rings. The van der Waals surface area contributed by atoms with Crippen LogP contribution in [-0.2, 0) is 0 Å². The average Bonchev–Trinajstić information content (AvgIpc) is 2.12. The highest BCUT2D eigenvalue weighted by atomic mass is 79.9. The van der Waals surface area contributed by atoms with Gasteiger partial charge < -0.3 is 4.90 Å². The average molecular weight is 293 g/mol. The number of hydrogen-bond acceptors (Lipinski definition) is 3. The second-order valence-corrected chi connectivity index (χ2v) is 4.43. The summed E-state index contributed by atoms with van der Waals surface area (Å²) in [6, 6.07) is 4.57. The van der Waals surface area contributed by atoms with E-state index in [-0.39, 0.29) is 11.4 Å². The molecule has 1 fully saturated rings. The molecule has 1 aromatic carbocycles. The number of rotatable bonds is 2. The summed E-state index contributed by atoms with van der Waals surface area (Å²) < 4.78 is 25.7. The third-order valence-corrected chi connectivity index (χ3v) is 2.97. The quantitative estimate of drug-likeness (QED) is 0.622. The van der Waals surface area contributed by atoms with Crippen LogP contribution in [0.3, 0.4) is 0 Å². The molecule has 0 radical (unpaired) electrons. The summed E-state index contributed by atoms with van der Waals surface area (Å²) in [5, 5.41) is 10.8. The number of alkyl halides is 2. The molecule has 7 heteroatoms. The number of nitrogens with zero attached hydrogens (tertiary/aromatic N) is 2. The molecule has 1 heterocycles. The van der Waals surface area contributed by atoms with E-state index < -0.39 is 23.9 Å². The van der Waals surface area contributed by atoms with E-state index in [1.165, 1.54) is 17.0 Å². The van der Waals surface area contributed by atoms with E-state index in [4.69, 9.17) is 0 Å². The van der Waals surface area contributed by atoms with Crippen LogP contribution in [0, 0.1) is 10.1 Å². The van der Waals surface area contributed by atoms with Crippen molar-refractivity contribution in [1.82, 2.24) is 0 Å². The maximum atomic E-state index is 12.7. The molecule has 4 nitrogen and oxygen atoms in total. The van der Waals surface area contributed by atoms with Crippen molar-refractivity contribution < 1.29 is 13.7 Å². The van der Waals surface area contributed by atoms with Gasteiger partial charge in [0, 0.05) is 0 Å². The van der Waals surface area contributed by atoms with E-state index in [1.807, 2.05) is 0 Å². The first kappa shape index (κ1) is 11.3. The van der Waals surface area contributed by atoms with Crippen LogP contribution in [-0.4, -0.2) is 23.9 Å². The molecular weight excluding hydrogens is 286 g/mol. The van der Waals surface area contributed by atoms with Crippen LogP contribution < -0.4 is 4.90 Å². The van der Waals surface area contributed by atoms with Gasteiger partial charge in [-0.25, -0.2) is 8.78 Å². The van der Waals surface area contributed by atoms with Crippen LogP contribution >= 0.6 is 15.9 Å². The summed E-state index contributed by atoms with van der Waals surface area (Å²) in [6.07, 6.45) is 0. The summed E-state index contributed by atoms with van der Waals surface area (Å²) in [7, 11) is 0. The Morgan fingerprint density at radius 3 is 2.56 bits per heavy atom. The molecule has 1 saturated heterocycles. The fraction of sp³-hybridized carbons (Fsp3) is 0.333. The Hall–Kier alpha value is -1.24. The Bertz CT molecular complexity index is 445. The van der Waals surface area contributed by atoms with Crippen LogP contribution in [0.1, 0.15) is 0 Å². The van der Waals surface area contributed by atoms with Gasteiger partial charge in [-0.3, -0.25) is 10.1 Å². The number of halogens is 3. The molecule has 0 amide bonds. The highest BCUT2D eigenvalue weighted by Crippen LogP contribution is 2.40. The number of benzene rings is 1. The minimum atomic E-state index is -2.74. The first-order valence-corrected chi connectivity index (χ1v) is 5.26. The van der Waals surface area contributed by atoms with Gasteiger partial charge in [0.15, 0.2) is 0 Å². The summed E-state index contributed by atoms with van der Waals surface area (Å²) >= 11 is 3.04. The second kappa shape index (κ2) is 3.65. The van der Waals surface area contributed by atoms with E-state index in [2.05, 4.69) is 15.9 Å². The van der Waals surface area contributed by atoms with E-state index in [9.17, 15) is 18.9 Å². The van der Waals surface area contributed by atoms with Gasteiger partial charge >= 0.3 is 5.69 Å². The number of nitro benzene ring substituents is 1. The van der Waals surface area contributed by atoms with E-state index >= 15 is 0 Å². The fourth-order valence-corrected chi connectivity index (χ4v) is 2.12. The Labute approximate surface area is 98.1 Å². The van der Waals surface area contributed by atoms with Crippen LogP contribution in [0.5, 0.6) is 0 Å². The lowest BCUT2D eigenvalue weighted by Gasteiger charge is -2.40. The molecule has 0 unspecified atom stereocenters. The van der Waals surface area contributed by atoms with Gasteiger partial charge in [-0.1, -0.05) is 6.07 Å².